The van der Waals surface area contributed by atoms with Gasteiger partial charge < -0.3 is 5.73 Å². The molecule has 0 aliphatic carbocycles. The van der Waals surface area contributed by atoms with Crippen LogP contribution in [-0.4, -0.2) is 18.6 Å². The Labute approximate surface area is 107 Å². The van der Waals surface area contributed by atoms with Gasteiger partial charge in [-0.3, -0.25) is 0 Å². The van der Waals surface area contributed by atoms with Crippen LogP contribution >= 0.6 is 11.3 Å². The fourth-order valence-electron chi connectivity index (χ4n) is 1.21. The van der Waals surface area contributed by atoms with Crippen LogP contribution in [0.15, 0.2) is 28.6 Å². The smallest absolute Gasteiger partial charge is 0.270 e. The second kappa shape index (κ2) is 4.96. The lowest BCUT2D eigenvalue weighted by atomic mass is 10.2. The van der Waals surface area contributed by atoms with E-state index in [9.17, 15) is 12.8 Å². The molecule has 3 N–H and O–H groups in total. The van der Waals surface area contributed by atoms with Gasteiger partial charge in [-0.1, -0.05) is 29.5 Å². The highest BCUT2D eigenvalue weighted by Gasteiger charge is 2.19. The summed E-state index contributed by atoms with van der Waals surface area (Å²) in [6, 6.07) is 5.90. The lowest BCUT2D eigenvalue weighted by molar-refractivity contribution is 0.572. The fraction of sp³-hybridized carbons (Fsp3) is 0.111. The van der Waals surface area contributed by atoms with Gasteiger partial charge in [-0.05, 0) is 6.07 Å². The molecule has 2 aromatic rings. The van der Waals surface area contributed by atoms with Crippen LogP contribution in [0.25, 0.3) is 0 Å². The number of nitrogens with one attached hydrogen (secondary N) is 1. The Morgan fingerprint density at radius 3 is 2.67 bits per heavy atom. The third-order valence-electron chi connectivity index (χ3n) is 2.06. The number of benzene rings is 1. The second-order valence-electron chi connectivity index (χ2n) is 3.32. The minimum atomic E-state index is -3.81. The summed E-state index contributed by atoms with van der Waals surface area (Å²) in [5.74, 6) is -0.475. The first-order valence-electron chi connectivity index (χ1n) is 4.81. The van der Waals surface area contributed by atoms with E-state index in [1.807, 2.05) is 0 Å². The van der Waals surface area contributed by atoms with Crippen molar-refractivity contribution in [3.63, 3.8) is 0 Å². The van der Waals surface area contributed by atoms with E-state index in [0.29, 0.717) is 0 Å². The van der Waals surface area contributed by atoms with Gasteiger partial charge in [-0.2, -0.15) is 0 Å². The van der Waals surface area contributed by atoms with Crippen molar-refractivity contribution in [3.05, 3.63) is 35.6 Å². The van der Waals surface area contributed by atoms with Crippen molar-refractivity contribution in [2.24, 2.45) is 0 Å². The minimum Gasteiger partial charge on any atom is -0.374 e. The molecule has 0 amide bonds. The van der Waals surface area contributed by atoms with Gasteiger partial charge in [0.05, 0.1) is 0 Å². The fourth-order valence-corrected chi connectivity index (χ4v) is 3.04. The van der Waals surface area contributed by atoms with Crippen LogP contribution in [0.2, 0.25) is 0 Å². The van der Waals surface area contributed by atoms with Crippen molar-refractivity contribution in [3.8, 4) is 0 Å². The van der Waals surface area contributed by atoms with Crippen LogP contribution in [0.4, 0.5) is 9.52 Å². The van der Waals surface area contributed by atoms with Gasteiger partial charge in [0.25, 0.3) is 10.0 Å². The molecule has 0 atom stereocenters. The Morgan fingerprint density at radius 1 is 1.33 bits per heavy atom. The first kappa shape index (κ1) is 12.9. The lowest BCUT2D eigenvalue weighted by Crippen LogP contribution is -2.23. The van der Waals surface area contributed by atoms with Crippen LogP contribution in [0.1, 0.15) is 5.56 Å². The zero-order valence-electron chi connectivity index (χ0n) is 9.00. The summed E-state index contributed by atoms with van der Waals surface area (Å²) in [7, 11) is -3.81. The predicted octanol–water partition coefficient (Wildman–Crippen LogP) is 0.738. The number of sulfonamides is 1. The number of halogens is 1. The van der Waals surface area contributed by atoms with Gasteiger partial charge in [0.2, 0.25) is 9.47 Å². The molecule has 2 rings (SSSR count). The number of anilines is 1. The average molecular weight is 288 g/mol. The van der Waals surface area contributed by atoms with E-state index in [-0.39, 0.29) is 21.6 Å². The summed E-state index contributed by atoms with van der Waals surface area (Å²) in [5.41, 5.74) is 5.55. The van der Waals surface area contributed by atoms with Gasteiger partial charge in [-0.15, -0.1) is 10.2 Å². The minimum absolute atomic E-state index is 0.0567. The Hall–Kier alpha value is -1.58. The quantitative estimate of drug-likeness (QED) is 0.864. The van der Waals surface area contributed by atoms with Crippen LogP contribution < -0.4 is 10.5 Å². The summed E-state index contributed by atoms with van der Waals surface area (Å²) in [6.45, 7) is -0.158. The number of hydrogen-bond acceptors (Lipinski definition) is 6. The van der Waals surface area contributed by atoms with E-state index in [4.69, 9.17) is 5.73 Å². The number of rotatable bonds is 4. The maximum atomic E-state index is 13.3. The first-order chi connectivity index (χ1) is 8.49. The monoisotopic (exact) mass is 288 g/mol. The predicted molar refractivity (Wildman–Crippen MR) is 64.7 cm³/mol. The number of nitrogen functional groups attached to an aromatic ring is 1. The molecule has 6 nitrogen and oxygen atoms in total. The van der Waals surface area contributed by atoms with Crippen LogP contribution in [0.5, 0.6) is 0 Å². The third-order valence-corrected chi connectivity index (χ3v) is 4.58. The first-order valence-corrected chi connectivity index (χ1v) is 7.11. The van der Waals surface area contributed by atoms with Gasteiger partial charge in [0, 0.05) is 12.1 Å². The summed E-state index contributed by atoms with van der Waals surface area (Å²) < 4.78 is 38.8. The molecular weight excluding hydrogens is 279 g/mol. The zero-order valence-corrected chi connectivity index (χ0v) is 10.6. The van der Waals surface area contributed by atoms with Crippen molar-refractivity contribution < 1.29 is 12.8 Å². The Bertz CT molecular complexity index is 656. The van der Waals surface area contributed by atoms with Gasteiger partial charge >= 0.3 is 0 Å². The van der Waals surface area contributed by atoms with Crippen molar-refractivity contribution in [2.45, 2.75) is 10.9 Å². The van der Waals surface area contributed by atoms with Crippen molar-refractivity contribution >= 4 is 26.5 Å². The van der Waals surface area contributed by atoms with Crippen LogP contribution in [0.3, 0.4) is 0 Å². The molecule has 1 aromatic carbocycles. The van der Waals surface area contributed by atoms with Crippen LogP contribution in [0, 0.1) is 5.82 Å². The van der Waals surface area contributed by atoms with Gasteiger partial charge in [0.15, 0.2) is 0 Å². The molecule has 0 saturated heterocycles. The summed E-state index contributed by atoms with van der Waals surface area (Å²) >= 11 is 0.745. The molecule has 1 aromatic heterocycles. The van der Waals surface area contributed by atoms with Crippen molar-refractivity contribution in [2.75, 3.05) is 5.73 Å². The van der Waals surface area contributed by atoms with E-state index < -0.39 is 15.8 Å². The highest BCUT2D eigenvalue weighted by atomic mass is 32.2. The Morgan fingerprint density at radius 2 is 2.06 bits per heavy atom. The van der Waals surface area contributed by atoms with Gasteiger partial charge in [0.1, 0.15) is 5.82 Å². The zero-order chi connectivity index (χ0) is 13.2. The van der Waals surface area contributed by atoms with Crippen molar-refractivity contribution in [1.29, 1.82) is 0 Å². The molecule has 0 radical (unpaired) electrons. The lowest BCUT2D eigenvalue weighted by Gasteiger charge is -2.04. The van der Waals surface area contributed by atoms with E-state index >= 15 is 0 Å². The normalized spacial score (nSPS) is 11.6. The highest BCUT2D eigenvalue weighted by Crippen LogP contribution is 2.17. The number of nitrogens with two attached hydrogens (primary N) is 1. The molecular formula is C9H9FN4O2S2. The Balaban J connectivity index is 2.13. The molecule has 0 spiro atoms. The number of aromatic nitrogens is 2. The SMILES string of the molecule is Nc1nnc(S(=O)(=O)NCc2ccccc2F)s1. The number of hydrogen-bond donors (Lipinski definition) is 2. The van der Waals surface area contributed by atoms with E-state index in [1.54, 1.807) is 6.07 Å². The second-order valence-corrected chi connectivity index (χ2v) is 6.27. The molecule has 9 heteroatoms. The molecule has 0 bridgehead atoms. The summed E-state index contributed by atoms with van der Waals surface area (Å²) in [5, 5.41) is 6.89. The molecule has 96 valence electrons. The average Bonchev–Trinajstić information content (AvgIpc) is 2.76. The molecule has 0 saturated carbocycles. The number of nitrogens with zero attached hydrogens (tertiary/aromatic N) is 2. The topological polar surface area (TPSA) is 98.0 Å². The van der Waals surface area contributed by atoms with E-state index in [1.165, 1.54) is 18.2 Å². The Kier molecular flexibility index (Phi) is 3.55. The third kappa shape index (κ3) is 2.81. The molecule has 0 aliphatic rings. The molecule has 0 unspecified atom stereocenters. The largest absolute Gasteiger partial charge is 0.374 e. The maximum Gasteiger partial charge on any atom is 0.270 e. The van der Waals surface area contributed by atoms with Crippen molar-refractivity contribution in [1.82, 2.24) is 14.9 Å². The molecule has 0 fully saturated rings. The van der Waals surface area contributed by atoms with Gasteiger partial charge in [-0.25, -0.2) is 17.5 Å². The standard InChI is InChI=1S/C9H9FN4O2S2/c10-7-4-2-1-3-6(7)5-12-18(15,16)9-14-13-8(11)17-9/h1-4,12H,5H2,(H2,11,13). The maximum absolute atomic E-state index is 13.3. The molecule has 1 heterocycles. The molecule has 18 heavy (non-hydrogen) atoms. The summed E-state index contributed by atoms with van der Waals surface area (Å²) in [6.07, 6.45) is 0. The van der Waals surface area contributed by atoms with E-state index in [2.05, 4.69) is 14.9 Å². The molecule has 0 aliphatic heterocycles. The van der Waals surface area contributed by atoms with Crippen LogP contribution in [-0.2, 0) is 16.6 Å². The summed E-state index contributed by atoms with van der Waals surface area (Å²) in [4.78, 5) is 0. The van der Waals surface area contributed by atoms with E-state index in [0.717, 1.165) is 11.3 Å². The highest BCUT2D eigenvalue weighted by molar-refractivity contribution is 7.91.